The smallest absolute Gasteiger partial charge is 0.124 e. The van der Waals surface area contributed by atoms with Crippen LogP contribution >= 0.6 is 0 Å². The van der Waals surface area contributed by atoms with Gasteiger partial charge in [-0.3, -0.25) is 0 Å². The maximum Gasteiger partial charge on any atom is 0.124 e. The molecule has 0 aliphatic heterocycles. The number of nitrogens with zero attached hydrogens (tertiary/aromatic N) is 1. The topological polar surface area (TPSA) is 21.7 Å². The maximum atomic E-state index is 5.44. The van der Waals surface area contributed by atoms with Gasteiger partial charge >= 0.3 is 0 Å². The van der Waals surface area contributed by atoms with E-state index in [1.807, 2.05) is 12.1 Å². The molecule has 0 spiro atoms. The minimum atomic E-state index is 0.909. The van der Waals surface area contributed by atoms with E-state index >= 15 is 0 Å². The van der Waals surface area contributed by atoms with Gasteiger partial charge < -0.3 is 14.4 Å². The van der Waals surface area contributed by atoms with Crippen molar-refractivity contribution in [1.29, 1.82) is 0 Å². The Morgan fingerprint density at radius 2 is 1.48 bits per heavy atom. The van der Waals surface area contributed by atoms with Crippen LogP contribution in [0.5, 0.6) is 11.5 Å². The van der Waals surface area contributed by atoms with Crippen molar-refractivity contribution in [3.63, 3.8) is 0 Å². The molecule has 0 aliphatic carbocycles. The summed E-state index contributed by atoms with van der Waals surface area (Å²) in [6.45, 7) is 6.18. The van der Waals surface area contributed by atoms with Crippen LogP contribution in [-0.4, -0.2) is 32.7 Å². The zero-order valence-electron chi connectivity index (χ0n) is 14.8. The second-order valence-corrected chi connectivity index (χ2v) is 6.10. The summed E-state index contributed by atoms with van der Waals surface area (Å²) < 4.78 is 10.6. The molecule has 0 amide bonds. The fourth-order valence-electron chi connectivity index (χ4n) is 2.96. The molecule has 3 nitrogen and oxygen atoms in total. The van der Waals surface area contributed by atoms with Gasteiger partial charge in [0.2, 0.25) is 0 Å². The molecule has 0 aromatic heterocycles. The van der Waals surface area contributed by atoms with Crippen molar-refractivity contribution in [3.05, 3.63) is 58.7 Å². The second kappa shape index (κ2) is 8.02. The third-order valence-corrected chi connectivity index (χ3v) is 4.12. The predicted octanol–water partition coefficient (Wildman–Crippen LogP) is 4.00. The number of methoxy groups -OCH3 is 2. The Morgan fingerprint density at radius 3 is 2.00 bits per heavy atom. The molecule has 0 aliphatic rings. The van der Waals surface area contributed by atoms with Gasteiger partial charge in [0, 0.05) is 13.1 Å². The molecule has 0 N–H and O–H groups in total. The summed E-state index contributed by atoms with van der Waals surface area (Å²) in [5.74, 6) is 1.90. The number of hydrogen-bond donors (Lipinski definition) is 0. The van der Waals surface area contributed by atoms with Crippen LogP contribution in [0.1, 0.15) is 22.3 Å². The van der Waals surface area contributed by atoms with Gasteiger partial charge in [-0.2, -0.15) is 0 Å². The van der Waals surface area contributed by atoms with E-state index in [9.17, 15) is 0 Å². The molecule has 0 bridgehead atoms. The molecule has 0 fully saturated rings. The van der Waals surface area contributed by atoms with Crippen molar-refractivity contribution in [2.45, 2.75) is 26.8 Å². The monoisotopic (exact) mass is 313 g/mol. The van der Waals surface area contributed by atoms with E-state index in [1.165, 1.54) is 22.3 Å². The highest BCUT2D eigenvalue weighted by atomic mass is 16.5. The summed E-state index contributed by atoms with van der Waals surface area (Å²) in [5, 5.41) is 0. The van der Waals surface area contributed by atoms with Crippen molar-refractivity contribution >= 4 is 0 Å². The Balaban J connectivity index is 1.92. The van der Waals surface area contributed by atoms with Crippen LogP contribution in [0, 0.1) is 13.8 Å². The number of ether oxygens (including phenoxy) is 2. The molecule has 23 heavy (non-hydrogen) atoms. The SMILES string of the molecule is COc1ccc(CCN(C)Cc2cc(C)c(OC)c(C)c2)cc1. The first-order valence-electron chi connectivity index (χ1n) is 7.99. The van der Waals surface area contributed by atoms with Gasteiger partial charge in [-0.1, -0.05) is 24.3 Å². The minimum Gasteiger partial charge on any atom is -0.497 e. The molecule has 0 radical (unpaired) electrons. The van der Waals surface area contributed by atoms with Crippen LogP contribution in [0.3, 0.4) is 0 Å². The molecular weight excluding hydrogens is 286 g/mol. The summed E-state index contributed by atoms with van der Waals surface area (Å²) in [6, 6.07) is 12.7. The standard InChI is InChI=1S/C20H27NO2/c1-15-12-18(13-16(2)20(15)23-5)14-21(3)11-10-17-6-8-19(22-4)9-7-17/h6-9,12-13H,10-11,14H2,1-5H3. The van der Waals surface area contributed by atoms with E-state index < -0.39 is 0 Å². The normalized spacial score (nSPS) is 10.9. The number of rotatable bonds is 7. The van der Waals surface area contributed by atoms with E-state index in [4.69, 9.17) is 9.47 Å². The number of hydrogen-bond acceptors (Lipinski definition) is 3. The Morgan fingerprint density at radius 1 is 0.870 bits per heavy atom. The summed E-state index contributed by atoms with van der Waals surface area (Å²) >= 11 is 0. The average Bonchev–Trinajstić information content (AvgIpc) is 2.53. The first-order chi connectivity index (χ1) is 11.0. The predicted molar refractivity (Wildman–Crippen MR) is 95.5 cm³/mol. The first-order valence-corrected chi connectivity index (χ1v) is 7.99. The Bertz CT molecular complexity index is 612. The van der Waals surface area contributed by atoms with Crippen LogP contribution < -0.4 is 9.47 Å². The highest BCUT2D eigenvalue weighted by molar-refractivity contribution is 5.43. The zero-order valence-corrected chi connectivity index (χ0v) is 14.8. The molecule has 0 heterocycles. The van der Waals surface area contributed by atoms with Crippen molar-refractivity contribution < 1.29 is 9.47 Å². The first kappa shape index (κ1) is 17.4. The Labute approximate surface area is 139 Å². The van der Waals surface area contributed by atoms with E-state index in [2.05, 4.69) is 50.1 Å². The van der Waals surface area contributed by atoms with Gasteiger partial charge in [-0.05, 0) is 61.7 Å². The lowest BCUT2D eigenvalue weighted by Gasteiger charge is -2.18. The molecule has 0 saturated carbocycles. The van der Waals surface area contributed by atoms with Crippen molar-refractivity contribution in [1.82, 2.24) is 4.90 Å². The summed E-state index contributed by atoms with van der Waals surface area (Å²) in [7, 11) is 5.59. The lowest BCUT2D eigenvalue weighted by atomic mass is 10.1. The van der Waals surface area contributed by atoms with E-state index in [0.29, 0.717) is 0 Å². The molecular formula is C20H27NO2. The molecule has 2 aromatic rings. The number of aryl methyl sites for hydroxylation is 2. The van der Waals surface area contributed by atoms with Gasteiger partial charge in [-0.15, -0.1) is 0 Å². The van der Waals surface area contributed by atoms with Gasteiger partial charge in [0.05, 0.1) is 14.2 Å². The fourth-order valence-corrected chi connectivity index (χ4v) is 2.96. The van der Waals surface area contributed by atoms with Gasteiger partial charge in [-0.25, -0.2) is 0 Å². The van der Waals surface area contributed by atoms with Crippen LogP contribution in [-0.2, 0) is 13.0 Å². The molecule has 124 valence electrons. The Hall–Kier alpha value is -2.00. The highest BCUT2D eigenvalue weighted by Crippen LogP contribution is 2.24. The lowest BCUT2D eigenvalue weighted by Crippen LogP contribution is -2.20. The third-order valence-electron chi connectivity index (χ3n) is 4.12. The molecule has 3 heteroatoms. The molecule has 2 aromatic carbocycles. The third kappa shape index (κ3) is 4.73. The minimum absolute atomic E-state index is 0.909. The quantitative estimate of drug-likeness (QED) is 0.771. The number of benzene rings is 2. The summed E-state index contributed by atoms with van der Waals surface area (Å²) in [6.07, 6.45) is 1.04. The van der Waals surface area contributed by atoms with Crippen molar-refractivity contribution in [2.75, 3.05) is 27.8 Å². The summed E-state index contributed by atoms with van der Waals surface area (Å²) in [5.41, 5.74) is 5.06. The average molecular weight is 313 g/mol. The van der Waals surface area contributed by atoms with Crippen LogP contribution in [0.4, 0.5) is 0 Å². The Kier molecular flexibility index (Phi) is 6.05. The maximum absolute atomic E-state index is 5.44. The molecule has 0 unspecified atom stereocenters. The fraction of sp³-hybridized carbons (Fsp3) is 0.400. The summed E-state index contributed by atoms with van der Waals surface area (Å²) in [4.78, 5) is 2.35. The van der Waals surface area contributed by atoms with Crippen molar-refractivity contribution in [2.24, 2.45) is 0 Å². The van der Waals surface area contributed by atoms with Crippen LogP contribution in [0.2, 0.25) is 0 Å². The molecule has 0 saturated heterocycles. The molecule has 0 atom stereocenters. The van der Waals surface area contributed by atoms with Crippen molar-refractivity contribution in [3.8, 4) is 11.5 Å². The molecule has 2 rings (SSSR count). The van der Waals surface area contributed by atoms with E-state index in [0.717, 1.165) is 31.0 Å². The number of likely N-dealkylation sites (N-methyl/N-ethyl adjacent to an activating group) is 1. The van der Waals surface area contributed by atoms with Gasteiger partial charge in [0.25, 0.3) is 0 Å². The lowest BCUT2D eigenvalue weighted by molar-refractivity contribution is 0.330. The van der Waals surface area contributed by atoms with E-state index in [1.54, 1.807) is 14.2 Å². The van der Waals surface area contributed by atoms with E-state index in [-0.39, 0.29) is 0 Å². The zero-order chi connectivity index (χ0) is 16.8. The van der Waals surface area contributed by atoms with Crippen LogP contribution in [0.15, 0.2) is 36.4 Å². The second-order valence-electron chi connectivity index (χ2n) is 6.10. The van der Waals surface area contributed by atoms with Crippen LogP contribution in [0.25, 0.3) is 0 Å². The largest absolute Gasteiger partial charge is 0.497 e. The van der Waals surface area contributed by atoms with Gasteiger partial charge in [0.15, 0.2) is 0 Å². The highest BCUT2D eigenvalue weighted by Gasteiger charge is 2.07. The van der Waals surface area contributed by atoms with Gasteiger partial charge in [0.1, 0.15) is 11.5 Å².